The molecule has 30 heavy (non-hydrogen) atoms. The predicted octanol–water partition coefficient (Wildman–Crippen LogP) is 2.97. The Morgan fingerprint density at radius 2 is 1.80 bits per heavy atom. The Morgan fingerprint density at radius 1 is 1.07 bits per heavy atom. The Morgan fingerprint density at radius 3 is 2.57 bits per heavy atom. The van der Waals surface area contributed by atoms with Gasteiger partial charge in [0.1, 0.15) is 11.4 Å². The summed E-state index contributed by atoms with van der Waals surface area (Å²) in [6.45, 7) is 0. The van der Waals surface area contributed by atoms with Crippen molar-refractivity contribution >= 4 is 12.1 Å². The fourth-order valence-electron chi connectivity index (χ4n) is 3.62. The summed E-state index contributed by atoms with van der Waals surface area (Å²) in [6.07, 6.45) is 3.12. The first-order valence-corrected chi connectivity index (χ1v) is 9.45. The number of benzene rings is 2. The van der Waals surface area contributed by atoms with Crippen LogP contribution in [0, 0.1) is 0 Å². The van der Waals surface area contributed by atoms with E-state index >= 15 is 0 Å². The number of H-pyrrole nitrogens is 1. The van der Waals surface area contributed by atoms with Crippen molar-refractivity contribution in [1.29, 1.82) is 0 Å². The lowest BCUT2D eigenvalue weighted by Crippen LogP contribution is -2.20. The van der Waals surface area contributed by atoms with Gasteiger partial charge in [0.15, 0.2) is 11.5 Å². The van der Waals surface area contributed by atoms with Crippen molar-refractivity contribution < 1.29 is 19.0 Å². The lowest BCUT2D eigenvalue weighted by Gasteiger charge is -2.15. The van der Waals surface area contributed by atoms with Crippen LogP contribution in [0.5, 0.6) is 17.2 Å². The van der Waals surface area contributed by atoms with Gasteiger partial charge in [0, 0.05) is 22.8 Å². The average Bonchev–Trinajstić information content (AvgIpc) is 3.23. The third-order valence-corrected chi connectivity index (χ3v) is 5.12. The summed E-state index contributed by atoms with van der Waals surface area (Å²) < 4.78 is 16.0. The molecule has 1 aliphatic carbocycles. The predicted molar refractivity (Wildman–Crippen MR) is 113 cm³/mol. The first-order valence-electron chi connectivity index (χ1n) is 9.45. The number of carbonyl (C=O) groups is 1. The molecule has 4 rings (SSSR count). The Balaban J connectivity index is 1.54. The molecule has 0 fully saturated rings. The minimum atomic E-state index is -0.348. The highest BCUT2D eigenvalue weighted by atomic mass is 16.5. The number of ether oxygens (including phenoxy) is 3. The van der Waals surface area contributed by atoms with E-state index in [-0.39, 0.29) is 5.91 Å². The summed E-state index contributed by atoms with van der Waals surface area (Å²) in [5.74, 6) is 1.27. The van der Waals surface area contributed by atoms with Crippen molar-refractivity contribution in [1.82, 2.24) is 15.6 Å². The first-order chi connectivity index (χ1) is 14.7. The highest BCUT2D eigenvalue weighted by Gasteiger charge is 2.24. The smallest absolute Gasteiger partial charge is 0.289 e. The lowest BCUT2D eigenvalue weighted by molar-refractivity contribution is 0.0949. The zero-order valence-electron chi connectivity index (χ0n) is 17.0. The maximum Gasteiger partial charge on any atom is 0.289 e. The molecule has 8 nitrogen and oxygen atoms in total. The molecule has 1 amide bonds. The number of aromatic amines is 1. The molecule has 2 N–H and O–H groups in total. The molecule has 0 atom stereocenters. The summed E-state index contributed by atoms with van der Waals surface area (Å²) in [4.78, 5) is 12.7. The van der Waals surface area contributed by atoms with E-state index in [1.54, 1.807) is 33.5 Å². The van der Waals surface area contributed by atoms with E-state index < -0.39 is 0 Å². The molecule has 0 saturated heterocycles. The van der Waals surface area contributed by atoms with E-state index in [1.807, 2.05) is 18.2 Å². The fourth-order valence-corrected chi connectivity index (χ4v) is 3.62. The number of nitrogens with zero attached hydrogens (tertiary/aromatic N) is 2. The third kappa shape index (κ3) is 3.47. The monoisotopic (exact) mass is 406 g/mol. The summed E-state index contributed by atoms with van der Waals surface area (Å²) in [5.41, 5.74) is 7.65. The van der Waals surface area contributed by atoms with Crippen LogP contribution in [0.25, 0.3) is 11.3 Å². The minimum absolute atomic E-state index is 0.348. The van der Waals surface area contributed by atoms with Gasteiger partial charge in [-0.1, -0.05) is 24.3 Å². The van der Waals surface area contributed by atoms with Crippen molar-refractivity contribution in [3.63, 3.8) is 0 Å². The lowest BCUT2D eigenvalue weighted by atomic mass is 9.89. The molecule has 0 radical (unpaired) electrons. The first kappa shape index (κ1) is 19.5. The second-order valence-electron chi connectivity index (χ2n) is 6.73. The van der Waals surface area contributed by atoms with Crippen LogP contribution in [-0.4, -0.2) is 43.6 Å². The van der Waals surface area contributed by atoms with Crippen LogP contribution in [0.15, 0.2) is 41.5 Å². The summed E-state index contributed by atoms with van der Waals surface area (Å²) in [7, 11) is 4.65. The molecule has 1 heterocycles. The number of carbonyl (C=O) groups excluding carboxylic acids is 1. The number of hydrogen-bond acceptors (Lipinski definition) is 6. The van der Waals surface area contributed by atoms with E-state index in [2.05, 4.69) is 26.8 Å². The van der Waals surface area contributed by atoms with Crippen molar-refractivity contribution in [2.45, 2.75) is 12.8 Å². The van der Waals surface area contributed by atoms with Crippen LogP contribution < -0.4 is 19.6 Å². The van der Waals surface area contributed by atoms with Crippen LogP contribution in [0.3, 0.4) is 0 Å². The van der Waals surface area contributed by atoms with Gasteiger partial charge in [-0.05, 0) is 24.5 Å². The SMILES string of the molecule is COc1cc(OC)c(OC)cc1C=NNC(=O)c1[nH]nc2c1CCc1ccccc1-2. The molecular formula is C22H22N4O4. The highest BCUT2D eigenvalue weighted by molar-refractivity contribution is 5.96. The van der Waals surface area contributed by atoms with Gasteiger partial charge in [-0.2, -0.15) is 10.2 Å². The second-order valence-corrected chi connectivity index (χ2v) is 6.73. The maximum atomic E-state index is 12.7. The quantitative estimate of drug-likeness (QED) is 0.485. The number of rotatable bonds is 6. The summed E-state index contributed by atoms with van der Waals surface area (Å²) in [6, 6.07) is 11.5. The zero-order chi connectivity index (χ0) is 21.1. The normalized spacial score (nSPS) is 12.2. The molecule has 1 aliphatic rings. The number of fused-ring (bicyclic) bond motifs is 3. The van der Waals surface area contributed by atoms with Crippen LogP contribution >= 0.6 is 0 Å². The van der Waals surface area contributed by atoms with Gasteiger partial charge in [-0.3, -0.25) is 9.89 Å². The maximum absolute atomic E-state index is 12.7. The number of amides is 1. The Hall–Kier alpha value is -3.81. The average molecular weight is 406 g/mol. The van der Waals surface area contributed by atoms with Crippen molar-refractivity contribution in [3.8, 4) is 28.5 Å². The highest BCUT2D eigenvalue weighted by Crippen LogP contribution is 2.34. The van der Waals surface area contributed by atoms with Gasteiger partial charge in [0.2, 0.25) is 0 Å². The molecule has 0 spiro atoms. The van der Waals surface area contributed by atoms with Crippen LogP contribution in [0.2, 0.25) is 0 Å². The Labute approximate surface area is 173 Å². The molecule has 2 aromatic carbocycles. The van der Waals surface area contributed by atoms with E-state index in [0.29, 0.717) is 28.5 Å². The molecule has 3 aromatic rings. The number of nitrogens with one attached hydrogen (secondary N) is 2. The van der Waals surface area contributed by atoms with Gasteiger partial charge >= 0.3 is 0 Å². The van der Waals surface area contributed by atoms with Gasteiger partial charge < -0.3 is 14.2 Å². The number of hydrogen-bond donors (Lipinski definition) is 2. The fraction of sp³-hybridized carbons (Fsp3) is 0.227. The second kappa shape index (κ2) is 8.28. The summed E-state index contributed by atoms with van der Waals surface area (Å²) >= 11 is 0. The Bertz CT molecular complexity index is 1120. The molecule has 0 saturated carbocycles. The minimum Gasteiger partial charge on any atom is -0.496 e. The van der Waals surface area contributed by atoms with Crippen LogP contribution in [0.1, 0.15) is 27.2 Å². The number of aryl methyl sites for hydroxylation is 1. The molecule has 154 valence electrons. The van der Waals surface area contributed by atoms with Crippen molar-refractivity contribution in [2.24, 2.45) is 5.10 Å². The third-order valence-electron chi connectivity index (χ3n) is 5.12. The number of hydrazone groups is 1. The number of methoxy groups -OCH3 is 3. The molecule has 0 unspecified atom stereocenters. The van der Waals surface area contributed by atoms with E-state index in [1.165, 1.54) is 11.8 Å². The van der Waals surface area contributed by atoms with Gasteiger partial charge in [0.05, 0.1) is 33.2 Å². The summed E-state index contributed by atoms with van der Waals surface area (Å²) in [5, 5.41) is 11.3. The van der Waals surface area contributed by atoms with Crippen molar-refractivity contribution in [3.05, 3.63) is 58.8 Å². The molecule has 8 heteroatoms. The molecular weight excluding hydrogens is 384 g/mol. The molecule has 1 aromatic heterocycles. The van der Waals surface area contributed by atoms with Crippen LogP contribution in [-0.2, 0) is 12.8 Å². The standard InChI is InChI=1S/C22H22N4O4/c1-28-17-11-19(30-3)18(29-2)10-14(17)12-23-26-22(27)21-16-9-8-13-6-4-5-7-15(13)20(16)24-25-21/h4-7,10-12H,8-9H2,1-3H3,(H,24,25)(H,26,27). The largest absolute Gasteiger partial charge is 0.496 e. The Kier molecular flexibility index (Phi) is 5.38. The van der Waals surface area contributed by atoms with Gasteiger partial charge in [-0.15, -0.1) is 0 Å². The molecule has 0 aliphatic heterocycles. The van der Waals surface area contributed by atoms with E-state index in [9.17, 15) is 4.79 Å². The van der Waals surface area contributed by atoms with Gasteiger partial charge in [0.25, 0.3) is 5.91 Å². The van der Waals surface area contributed by atoms with E-state index in [4.69, 9.17) is 14.2 Å². The zero-order valence-corrected chi connectivity index (χ0v) is 17.0. The van der Waals surface area contributed by atoms with Crippen molar-refractivity contribution in [2.75, 3.05) is 21.3 Å². The molecule has 0 bridgehead atoms. The van der Waals surface area contributed by atoms with E-state index in [0.717, 1.165) is 29.7 Å². The van der Waals surface area contributed by atoms with Gasteiger partial charge in [-0.25, -0.2) is 5.43 Å². The number of aromatic nitrogens is 2. The topological polar surface area (TPSA) is 97.8 Å². The van der Waals surface area contributed by atoms with Crippen LogP contribution in [0.4, 0.5) is 0 Å².